The molecule has 0 radical (unpaired) electrons. The van der Waals surface area contributed by atoms with Crippen LogP contribution in [0.25, 0.3) is 0 Å². The number of halogens is 1. The summed E-state index contributed by atoms with van der Waals surface area (Å²) in [5.41, 5.74) is -0.0728. The summed E-state index contributed by atoms with van der Waals surface area (Å²) in [4.78, 5) is 15.0. The maximum absolute atomic E-state index is 10.7. The number of hydrogen-bond acceptors (Lipinski definition) is 5. The summed E-state index contributed by atoms with van der Waals surface area (Å²) >= 11 is 6.99. The van der Waals surface area contributed by atoms with Crippen molar-refractivity contribution in [3.63, 3.8) is 0 Å². The minimum atomic E-state index is -0.499. The van der Waals surface area contributed by atoms with Gasteiger partial charge in [0.05, 0.1) is 22.1 Å². The molecule has 2 rings (SSSR count). The highest BCUT2D eigenvalue weighted by atomic mass is 35.5. The fraction of sp³-hybridized carbons (Fsp3) is 0.111. The van der Waals surface area contributed by atoms with Gasteiger partial charge in [0.15, 0.2) is 0 Å². The smallest absolute Gasteiger partial charge is 0.275 e. The van der Waals surface area contributed by atoms with Crippen LogP contribution < -0.4 is 0 Å². The lowest BCUT2D eigenvalue weighted by molar-refractivity contribution is -0.385. The Balaban J connectivity index is 2.29. The third-order valence-corrected chi connectivity index (χ3v) is 2.93. The number of rotatable bonds is 3. The molecule has 0 fully saturated rings. The Hall–Kier alpha value is -1.60. The van der Waals surface area contributed by atoms with Gasteiger partial charge in [-0.2, -0.15) is 5.10 Å². The van der Waals surface area contributed by atoms with Crippen LogP contribution in [0.15, 0.2) is 34.4 Å². The van der Waals surface area contributed by atoms with E-state index in [4.69, 9.17) is 11.6 Å². The molecule has 0 aliphatic carbocycles. The van der Waals surface area contributed by atoms with Crippen LogP contribution in [0, 0.1) is 10.1 Å². The van der Waals surface area contributed by atoms with Crippen LogP contribution in [0.1, 0.15) is 0 Å². The second-order valence-electron chi connectivity index (χ2n) is 3.20. The van der Waals surface area contributed by atoms with Crippen molar-refractivity contribution in [2.24, 2.45) is 7.05 Å². The molecule has 8 heteroatoms. The molecule has 0 amide bonds. The van der Waals surface area contributed by atoms with Crippen molar-refractivity contribution in [3.05, 3.63) is 39.8 Å². The molecule has 0 N–H and O–H groups in total. The van der Waals surface area contributed by atoms with Gasteiger partial charge in [0.2, 0.25) is 0 Å². The Bertz CT molecular complexity index is 572. The van der Waals surface area contributed by atoms with Gasteiger partial charge in [0, 0.05) is 19.3 Å². The molecule has 2 aromatic heterocycles. The van der Waals surface area contributed by atoms with Gasteiger partial charge >= 0.3 is 0 Å². The largest absolute Gasteiger partial charge is 0.275 e. The van der Waals surface area contributed by atoms with Crippen molar-refractivity contribution in [2.75, 3.05) is 0 Å². The first kappa shape index (κ1) is 11.9. The highest BCUT2D eigenvalue weighted by Crippen LogP contribution is 2.29. The molecule has 2 aromatic rings. The predicted molar refractivity (Wildman–Crippen MR) is 63.2 cm³/mol. The lowest BCUT2D eigenvalue weighted by Gasteiger charge is -1.98. The van der Waals surface area contributed by atoms with Gasteiger partial charge in [-0.25, -0.2) is 4.98 Å². The summed E-state index contributed by atoms with van der Waals surface area (Å²) in [6, 6.07) is 2.60. The average Bonchev–Trinajstić information content (AvgIpc) is 2.63. The normalized spacial score (nSPS) is 10.5. The van der Waals surface area contributed by atoms with Crippen LogP contribution in [-0.2, 0) is 7.05 Å². The van der Waals surface area contributed by atoms with E-state index in [2.05, 4.69) is 10.1 Å². The van der Waals surface area contributed by atoms with E-state index < -0.39 is 4.92 Å². The number of aromatic nitrogens is 3. The van der Waals surface area contributed by atoms with Gasteiger partial charge in [-0.05, 0) is 0 Å². The first-order chi connectivity index (χ1) is 8.04. The van der Waals surface area contributed by atoms with Crippen LogP contribution in [0.2, 0.25) is 5.15 Å². The molecule has 6 nitrogen and oxygen atoms in total. The molecule has 0 aromatic carbocycles. The van der Waals surface area contributed by atoms with Crippen molar-refractivity contribution in [2.45, 2.75) is 9.92 Å². The van der Waals surface area contributed by atoms with Crippen molar-refractivity contribution in [3.8, 4) is 0 Å². The number of nitro groups is 1. The molecule has 2 heterocycles. The average molecular weight is 271 g/mol. The Kier molecular flexibility index (Phi) is 3.30. The van der Waals surface area contributed by atoms with E-state index in [1.165, 1.54) is 23.9 Å². The molecular formula is C9H7ClN4O2S. The minimum absolute atomic E-state index is 0.0728. The number of hydrogen-bond donors (Lipinski definition) is 0. The minimum Gasteiger partial charge on any atom is -0.275 e. The van der Waals surface area contributed by atoms with Crippen LogP contribution in [-0.4, -0.2) is 19.7 Å². The lowest BCUT2D eigenvalue weighted by atomic mass is 10.4. The fourth-order valence-electron chi connectivity index (χ4n) is 1.19. The third kappa shape index (κ3) is 2.95. The number of nitrogens with zero attached hydrogens (tertiary/aromatic N) is 4. The van der Waals surface area contributed by atoms with Gasteiger partial charge in [0.25, 0.3) is 5.69 Å². The molecule has 0 aliphatic heterocycles. The molecule has 0 atom stereocenters. The van der Waals surface area contributed by atoms with Crippen molar-refractivity contribution in [1.29, 1.82) is 0 Å². The quantitative estimate of drug-likeness (QED) is 0.487. The zero-order chi connectivity index (χ0) is 12.4. The Morgan fingerprint density at radius 1 is 1.53 bits per heavy atom. The summed E-state index contributed by atoms with van der Waals surface area (Å²) in [6.07, 6.45) is 3.44. The van der Waals surface area contributed by atoms with E-state index in [1.54, 1.807) is 24.1 Å². The molecule has 0 spiro atoms. The fourth-order valence-corrected chi connectivity index (χ4v) is 2.31. The predicted octanol–water partition coefficient (Wildman–Crippen LogP) is 2.53. The van der Waals surface area contributed by atoms with Crippen LogP contribution in [0.5, 0.6) is 0 Å². The SMILES string of the molecule is Cn1cc(Sc2cc([N+](=O)[O-])cc(Cl)n2)cn1. The first-order valence-electron chi connectivity index (χ1n) is 4.53. The molecule has 0 saturated heterocycles. The molecule has 0 saturated carbocycles. The van der Waals surface area contributed by atoms with E-state index in [1.807, 2.05) is 0 Å². The zero-order valence-electron chi connectivity index (χ0n) is 8.70. The van der Waals surface area contributed by atoms with E-state index in [0.717, 1.165) is 4.90 Å². The lowest BCUT2D eigenvalue weighted by Crippen LogP contribution is -1.90. The van der Waals surface area contributed by atoms with E-state index in [-0.39, 0.29) is 10.8 Å². The van der Waals surface area contributed by atoms with E-state index in [9.17, 15) is 10.1 Å². The Labute approximate surface area is 106 Å². The van der Waals surface area contributed by atoms with Crippen molar-refractivity contribution < 1.29 is 4.92 Å². The molecule has 0 unspecified atom stereocenters. The van der Waals surface area contributed by atoms with Gasteiger partial charge in [-0.1, -0.05) is 23.4 Å². The summed E-state index contributed by atoms with van der Waals surface area (Å²) in [7, 11) is 1.79. The Morgan fingerprint density at radius 2 is 2.29 bits per heavy atom. The van der Waals surface area contributed by atoms with Gasteiger partial charge in [-0.3, -0.25) is 14.8 Å². The molecular weight excluding hydrogens is 264 g/mol. The maximum Gasteiger partial charge on any atom is 0.275 e. The molecule has 17 heavy (non-hydrogen) atoms. The first-order valence-corrected chi connectivity index (χ1v) is 5.72. The molecule has 88 valence electrons. The van der Waals surface area contributed by atoms with Crippen LogP contribution >= 0.6 is 23.4 Å². The van der Waals surface area contributed by atoms with E-state index >= 15 is 0 Å². The van der Waals surface area contributed by atoms with Gasteiger partial charge in [-0.15, -0.1) is 0 Å². The van der Waals surface area contributed by atoms with E-state index in [0.29, 0.717) is 5.03 Å². The second-order valence-corrected chi connectivity index (χ2v) is 4.68. The summed E-state index contributed by atoms with van der Waals surface area (Å²) in [5.74, 6) is 0. The summed E-state index contributed by atoms with van der Waals surface area (Å²) in [6.45, 7) is 0. The maximum atomic E-state index is 10.7. The summed E-state index contributed by atoms with van der Waals surface area (Å²) < 4.78 is 1.64. The second kappa shape index (κ2) is 4.72. The van der Waals surface area contributed by atoms with Gasteiger partial charge < -0.3 is 0 Å². The van der Waals surface area contributed by atoms with Crippen LogP contribution in [0.4, 0.5) is 5.69 Å². The van der Waals surface area contributed by atoms with Crippen molar-refractivity contribution in [1.82, 2.24) is 14.8 Å². The standard InChI is InChI=1S/C9H7ClN4O2S/c1-13-5-7(4-11-13)17-9-3-6(14(15)16)2-8(10)12-9/h2-5H,1H3. The topological polar surface area (TPSA) is 73.8 Å². The van der Waals surface area contributed by atoms with Gasteiger partial charge in [0.1, 0.15) is 10.2 Å². The number of pyridine rings is 1. The third-order valence-electron chi connectivity index (χ3n) is 1.87. The Morgan fingerprint density at radius 3 is 2.88 bits per heavy atom. The monoisotopic (exact) mass is 270 g/mol. The van der Waals surface area contributed by atoms with Crippen LogP contribution in [0.3, 0.4) is 0 Å². The zero-order valence-corrected chi connectivity index (χ0v) is 10.3. The van der Waals surface area contributed by atoms with Crippen molar-refractivity contribution >= 4 is 29.1 Å². The summed E-state index contributed by atoms with van der Waals surface area (Å²) in [5, 5.41) is 15.2. The molecule has 0 aliphatic rings. The molecule has 0 bridgehead atoms. The highest BCUT2D eigenvalue weighted by Gasteiger charge is 2.11. The highest BCUT2D eigenvalue weighted by molar-refractivity contribution is 7.99. The number of aryl methyl sites for hydroxylation is 1.